The Morgan fingerprint density at radius 3 is 2.54 bits per heavy atom. The van der Waals surface area contributed by atoms with Crippen LogP contribution in [0.1, 0.15) is 47.8 Å². The molecule has 1 unspecified atom stereocenters. The van der Waals surface area contributed by atoms with Crippen LogP contribution < -0.4 is 0 Å². The molecule has 1 amide bonds. The first-order valence-electron chi connectivity index (χ1n) is 8.60. The summed E-state index contributed by atoms with van der Waals surface area (Å²) in [5.41, 5.74) is -1.26. The van der Waals surface area contributed by atoms with Crippen molar-refractivity contribution in [1.29, 1.82) is 0 Å². The third kappa shape index (κ3) is 3.65. The van der Waals surface area contributed by atoms with Gasteiger partial charge in [-0.1, -0.05) is 24.2 Å². The smallest absolute Gasteiger partial charge is 0.283 e. The summed E-state index contributed by atoms with van der Waals surface area (Å²) in [4.78, 5) is 14.3. The van der Waals surface area contributed by atoms with E-state index in [1.54, 1.807) is 6.92 Å². The third-order valence-corrected chi connectivity index (χ3v) is 5.03. The van der Waals surface area contributed by atoms with E-state index in [9.17, 15) is 22.4 Å². The average Bonchev–Trinajstić information content (AvgIpc) is 3.40. The van der Waals surface area contributed by atoms with E-state index in [-0.39, 0.29) is 22.2 Å². The highest BCUT2D eigenvalue weighted by atomic mass is 35.5. The van der Waals surface area contributed by atoms with Crippen molar-refractivity contribution in [3.63, 3.8) is 0 Å². The van der Waals surface area contributed by atoms with Gasteiger partial charge in [0.05, 0.1) is 6.04 Å². The van der Waals surface area contributed by atoms with Crippen molar-refractivity contribution in [2.45, 2.75) is 38.3 Å². The van der Waals surface area contributed by atoms with Gasteiger partial charge in [-0.25, -0.2) is 17.9 Å². The van der Waals surface area contributed by atoms with E-state index in [2.05, 4.69) is 11.7 Å². The molecule has 0 spiro atoms. The largest absolute Gasteiger partial charge is 0.329 e. The van der Waals surface area contributed by atoms with Crippen LogP contribution in [0.5, 0.6) is 0 Å². The molecule has 1 aliphatic carbocycles. The molecule has 2 aromatic rings. The second-order valence-electron chi connectivity index (χ2n) is 6.74. The number of halogens is 5. The molecule has 1 aromatic carbocycles. The fourth-order valence-corrected chi connectivity index (χ4v) is 3.31. The normalized spacial score (nSPS) is 15.0. The fourth-order valence-electron chi connectivity index (χ4n) is 3.16. The number of nitrogens with zero attached hydrogens (tertiary/aromatic N) is 3. The van der Waals surface area contributed by atoms with Crippen LogP contribution in [0.2, 0.25) is 5.02 Å². The monoisotopic (exact) mass is 415 g/mol. The molecule has 0 N–H and O–H groups in total. The number of benzene rings is 1. The maximum absolute atomic E-state index is 14.4. The molecule has 0 aliphatic heterocycles. The predicted molar refractivity (Wildman–Crippen MR) is 97.2 cm³/mol. The second kappa shape index (κ2) is 7.58. The van der Waals surface area contributed by atoms with E-state index < -0.39 is 41.4 Å². The van der Waals surface area contributed by atoms with Crippen molar-refractivity contribution >= 4 is 23.1 Å². The predicted octanol–water partition coefficient (Wildman–Crippen LogP) is 5.00. The van der Waals surface area contributed by atoms with Crippen LogP contribution in [0.15, 0.2) is 24.8 Å². The third-order valence-electron chi connectivity index (χ3n) is 4.80. The molecule has 150 valence electrons. The SMILES string of the molecule is C=C(c1ccc(Cl)cc1F)C(C)N(C(=O)c1c(C(F)F)nn(C)c1F)C1CC1. The fraction of sp³-hybridized carbons (Fsp3) is 0.368. The van der Waals surface area contributed by atoms with E-state index in [0.29, 0.717) is 17.5 Å². The highest BCUT2D eigenvalue weighted by Gasteiger charge is 2.41. The molecule has 28 heavy (non-hydrogen) atoms. The van der Waals surface area contributed by atoms with Gasteiger partial charge in [0.1, 0.15) is 17.1 Å². The van der Waals surface area contributed by atoms with Crippen molar-refractivity contribution in [1.82, 2.24) is 14.7 Å². The molecule has 1 heterocycles. The number of carbonyl (C=O) groups excluding carboxylic acids is 1. The second-order valence-corrected chi connectivity index (χ2v) is 7.18. The summed E-state index contributed by atoms with van der Waals surface area (Å²) in [6.45, 7) is 5.47. The summed E-state index contributed by atoms with van der Waals surface area (Å²) in [7, 11) is 1.14. The first-order chi connectivity index (χ1) is 13.1. The minimum absolute atomic E-state index is 0.149. The molecular weight excluding hydrogens is 398 g/mol. The molecule has 1 atom stereocenters. The zero-order valence-corrected chi connectivity index (χ0v) is 16.0. The Balaban J connectivity index is 1.98. The topological polar surface area (TPSA) is 38.1 Å². The molecule has 0 radical (unpaired) electrons. The zero-order valence-electron chi connectivity index (χ0n) is 15.2. The number of rotatable bonds is 6. The first kappa shape index (κ1) is 20.4. The van der Waals surface area contributed by atoms with Crippen LogP contribution in [0, 0.1) is 11.8 Å². The Morgan fingerprint density at radius 2 is 2.00 bits per heavy atom. The van der Waals surface area contributed by atoms with Crippen LogP contribution in [0.4, 0.5) is 17.6 Å². The maximum atomic E-state index is 14.4. The van der Waals surface area contributed by atoms with Crippen molar-refractivity contribution in [3.05, 3.63) is 58.4 Å². The van der Waals surface area contributed by atoms with Crippen molar-refractivity contribution in [3.8, 4) is 0 Å². The van der Waals surface area contributed by atoms with E-state index >= 15 is 0 Å². The molecule has 1 aromatic heterocycles. The summed E-state index contributed by atoms with van der Waals surface area (Å²) in [5, 5.41) is 3.63. The Labute approximate surface area is 164 Å². The van der Waals surface area contributed by atoms with Gasteiger partial charge in [0.15, 0.2) is 0 Å². The number of hydrogen-bond donors (Lipinski definition) is 0. The Kier molecular flexibility index (Phi) is 5.52. The Bertz CT molecular complexity index is 940. The lowest BCUT2D eigenvalue weighted by Gasteiger charge is -2.31. The minimum atomic E-state index is -3.11. The molecule has 1 saturated carbocycles. The lowest BCUT2D eigenvalue weighted by Crippen LogP contribution is -2.41. The number of aromatic nitrogens is 2. The van der Waals surface area contributed by atoms with Gasteiger partial charge in [0.25, 0.3) is 12.3 Å². The number of hydrogen-bond acceptors (Lipinski definition) is 2. The van der Waals surface area contributed by atoms with Crippen molar-refractivity contribution in [2.24, 2.45) is 7.05 Å². The number of amides is 1. The van der Waals surface area contributed by atoms with Crippen LogP contribution in [-0.4, -0.2) is 32.7 Å². The lowest BCUT2D eigenvalue weighted by molar-refractivity contribution is 0.0698. The van der Waals surface area contributed by atoms with Gasteiger partial charge >= 0.3 is 0 Å². The number of carbonyl (C=O) groups is 1. The molecule has 3 rings (SSSR count). The van der Waals surface area contributed by atoms with Gasteiger partial charge in [0, 0.05) is 23.7 Å². The van der Waals surface area contributed by atoms with E-state index in [1.807, 2.05) is 0 Å². The van der Waals surface area contributed by atoms with Crippen LogP contribution in [-0.2, 0) is 7.05 Å². The summed E-state index contributed by atoms with van der Waals surface area (Å²) < 4.78 is 55.9. The van der Waals surface area contributed by atoms with E-state index in [0.717, 1.165) is 13.1 Å². The van der Waals surface area contributed by atoms with Crippen LogP contribution in [0.3, 0.4) is 0 Å². The van der Waals surface area contributed by atoms with Gasteiger partial charge in [-0.05, 0) is 37.5 Å². The summed E-state index contributed by atoms with van der Waals surface area (Å²) in [6, 6.07) is 3.02. The van der Waals surface area contributed by atoms with Gasteiger partial charge in [-0.15, -0.1) is 0 Å². The molecular formula is C19H18ClF4N3O. The van der Waals surface area contributed by atoms with Crippen LogP contribution in [0.25, 0.3) is 5.57 Å². The average molecular weight is 416 g/mol. The highest BCUT2D eigenvalue weighted by Crippen LogP contribution is 2.36. The number of alkyl halides is 2. The summed E-state index contributed by atoms with van der Waals surface area (Å²) in [5.74, 6) is -2.67. The highest BCUT2D eigenvalue weighted by molar-refractivity contribution is 6.30. The molecule has 1 fully saturated rings. The first-order valence-corrected chi connectivity index (χ1v) is 8.98. The number of aryl methyl sites for hydroxylation is 1. The van der Waals surface area contributed by atoms with Crippen molar-refractivity contribution < 1.29 is 22.4 Å². The lowest BCUT2D eigenvalue weighted by atomic mass is 9.98. The molecule has 0 bridgehead atoms. The molecule has 0 saturated heterocycles. The van der Waals surface area contributed by atoms with Gasteiger partial charge in [0.2, 0.25) is 5.95 Å². The minimum Gasteiger partial charge on any atom is -0.329 e. The summed E-state index contributed by atoms with van der Waals surface area (Å²) in [6.07, 6.45) is -1.83. The van der Waals surface area contributed by atoms with Gasteiger partial charge in [-0.2, -0.15) is 9.49 Å². The van der Waals surface area contributed by atoms with Gasteiger partial charge in [-0.3, -0.25) is 4.79 Å². The quantitative estimate of drug-likeness (QED) is 0.623. The molecule has 9 heteroatoms. The van der Waals surface area contributed by atoms with E-state index in [4.69, 9.17) is 11.6 Å². The van der Waals surface area contributed by atoms with Crippen molar-refractivity contribution in [2.75, 3.05) is 0 Å². The Morgan fingerprint density at radius 1 is 1.36 bits per heavy atom. The maximum Gasteiger partial charge on any atom is 0.283 e. The molecule has 4 nitrogen and oxygen atoms in total. The van der Waals surface area contributed by atoms with Gasteiger partial charge < -0.3 is 4.90 Å². The van der Waals surface area contributed by atoms with E-state index in [1.165, 1.54) is 17.0 Å². The standard InChI is InChI=1S/C19H18ClF4N3O/c1-9(13-7-4-11(20)8-14(13)21)10(2)27(12-5-6-12)19(28)15-16(17(22)23)25-26(3)18(15)24/h4,7-8,10,12,17H,1,5-6H2,2-3H3. The van der Waals surface area contributed by atoms with Crippen LogP contribution >= 0.6 is 11.6 Å². The molecule has 1 aliphatic rings. The Hall–Kier alpha value is -2.35. The summed E-state index contributed by atoms with van der Waals surface area (Å²) >= 11 is 5.77. The zero-order chi connectivity index (χ0) is 20.7.